The Morgan fingerprint density at radius 2 is 1.86 bits per heavy atom. The van der Waals surface area contributed by atoms with E-state index in [4.69, 9.17) is 11.6 Å². The van der Waals surface area contributed by atoms with Crippen LogP contribution in [0.2, 0.25) is 0 Å². The van der Waals surface area contributed by atoms with E-state index < -0.39 is 9.84 Å². The van der Waals surface area contributed by atoms with Gasteiger partial charge in [-0.1, -0.05) is 30.3 Å². The van der Waals surface area contributed by atoms with Crippen LogP contribution in [-0.2, 0) is 15.6 Å². The Labute approximate surface area is 89.8 Å². The van der Waals surface area contributed by atoms with E-state index in [0.717, 1.165) is 5.56 Å². The molecule has 1 atom stereocenters. The molecule has 0 saturated carbocycles. The molecule has 0 spiro atoms. The van der Waals surface area contributed by atoms with E-state index in [0.29, 0.717) is 0 Å². The van der Waals surface area contributed by atoms with Gasteiger partial charge >= 0.3 is 0 Å². The third-order valence-corrected chi connectivity index (χ3v) is 3.83. The van der Waals surface area contributed by atoms with Gasteiger partial charge in [0.25, 0.3) is 0 Å². The number of hydrogen-bond acceptors (Lipinski definition) is 2. The molecule has 0 bridgehead atoms. The van der Waals surface area contributed by atoms with Gasteiger partial charge in [0.1, 0.15) is 0 Å². The fourth-order valence-corrected chi connectivity index (χ4v) is 3.33. The molecule has 0 aromatic heterocycles. The number of benzene rings is 1. The minimum absolute atomic E-state index is 0.0312. The SMILES string of the molecule is CC(Cl)CS(=O)(=O)Cc1ccccc1. The third-order valence-electron chi connectivity index (χ3n) is 1.71. The van der Waals surface area contributed by atoms with Crippen LogP contribution < -0.4 is 0 Å². The second-order valence-corrected chi connectivity index (χ2v) is 6.18. The Morgan fingerprint density at radius 1 is 1.29 bits per heavy atom. The molecule has 1 unspecified atom stereocenters. The first-order valence-electron chi connectivity index (χ1n) is 4.38. The average molecular weight is 233 g/mol. The van der Waals surface area contributed by atoms with E-state index in [1.54, 1.807) is 19.1 Å². The molecule has 1 rings (SSSR count). The second-order valence-electron chi connectivity index (χ2n) is 3.32. The van der Waals surface area contributed by atoms with Gasteiger partial charge in [-0.05, 0) is 12.5 Å². The fourth-order valence-electron chi connectivity index (χ4n) is 1.24. The van der Waals surface area contributed by atoms with Gasteiger partial charge in [-0.25, -0.2) is 8.42 Å². The van der Waals surface area contributed by atoms with Crippen LogP contribution in [0.25, 0.3) is 0 Å². The van der Waals surface area contributed by atoms with E-state index in [2.05, 4.69) is 0 Å². The van der Waals surface area contributed by atoms with Gasteiger partial charge in [0, 0.05) is 5.38 Å². The van der Waals surface area contributed by atoms with Crippen LogP contribution in [0, 0.1) is 0 Å². The van der Waals surface area contributed by atoms with Gasteiger partial charge in [0.05, 0.1) is 11.5 Å². The first kappa shape index (κ1) is 11.5. The summed E-state index contributed by atoms with van der Waals surface area (Å²) in [5.74, 6) is 0.106. The van der Waals surface area contributed by atoms with Gasteiger partial charge < -0.3 is 0 Å². The zero-order chi connectivity index (χ0) is 10.6. The van der Waals surface area contributed by atoms with Crippen molar-refractivity contribution in [2.75, 3.05) is 5.75 Å². The molecule has 0 aliphatic rings. The highest BCUT2D eigenvalue weighted by atomic mass is 35.5. The Bertz CT molecular complexity index is 370. The summed E-state index contributed by atoms with van der Waals surface area (Å²) in [4.78, 5) is 0. The van der Waals surface area contributed by atoms with Gasteiger partial charge in [-0.2, -0.15) is 0 Å². The van der Waals surface area contributed by atoms with Crippen molar-refractivity contribution in [3.63, 3.8) is 0 Å². The second kappa shape index (κ2) is 4.80. The van der Waals surface area contributed by atoms with Crippen LogP contribution in [0.4, 0.5) is 0 Å². The molecule has 0 fully saturated rings. The highest BCUT2D eigenvalue weighted by Gasteiger charge is 2.14. The summed E-state index contributed by atoms with van der Waals surface area (Å²) in [6.07, 6.45) is 0. The molecule has 14 heavy (non-hydrogen) atoms. The Hall–Kier alpha value is -0.540. The Balaban J connectivity index is 2.70. The Morgan fingerprint density at radius 3 is 2.36 bits per heavy atom. The molecule has 0 N–H and O–H groups in total. The lowest BCUT2D eigenvalue weighted by molar-refractivity contribution is 0.594. The van der Waals surface area contributed by atoms with Crippen LogP contribution in [0.5, 0.6) is 0 Å². The molecule has 0 aliphatic heterocycles. The number of rotatable bonds is 4. The van der Waals surface area contributed by atoms with Crippen LogP contribution in [0.3, 0.4) is 0 Å². The van der Waals surface area contributed by atoms with Crippen molar-refractivity contribution in [2.45, 2.75) is 18.1 Å². The maximum Gasteiger partial charge on any atom is 0.155 e. The van der Waals surface area contributed by atoms with Gasteiger partial charge in [0.2, 0.25) is 0 Å². The molecule has 0 amide bonds. The summed E-state index contributed by atoms with van der Waals surface area (Å²) in [7, 11) is -3.07. The van der Waals surface area contributed by atoms with Gasteiger partial charge in [0.15, 0.2) is 9.84 Å². The summed E-state index contributed by atoms with van der Waals surface area (Å²) in [5, 5.41) is -0.330. The molecule has 0 aliphatic carbocycles. The minimum atomic E-state index is -3.07. The molecule has 0 radical (unpaired) electrons. The molecule has 1 aromatic carbocycles. The van der Waals surface area contributed by atoms with E-state index in [1.807, 2.05) is 18.2 Å². The predicted molar refractivity (Wildman–Crippen MR) is 59.2 cm³/mol. The maximum atomic E-state index is 11.5. The van der Waals surface area contributed by atoms with Crippen LogP contribution in [0.15, 0.2) is 30.3 Å². The van der Waals surface area contributed by atoms with Crippen molar-refractivity contribution < 1.29 is 8.42 Å². The fraction of sp³-hybridized carbons (Fsp3) is 0.400. The average Bonchev–Trinajstić information content (AvgIpc) is 2.02. The van der Waals surface area contributed by atoms with Crippen molar-refractivity contribution >= 4 is 21.4 Å². The van der Waals surface area contributed by atoms with E-state index >= 15 is 0 Å². The van der Waals surface area contributed by atoms with Crippen molar-refractivity contribution in [3.8, 4) is 0 Å². The minimum Gasteiger partial charge on any atom is -0.228 e. The van der Waals surface area contributed by atoms with Crippen molar-refractivity contribution in [3.05, 3.63) is 35.9 Å². The predicted octanol–water partition coefficient (Wildman–Crippen LogP) is 2.23. The lowest BCUT2D eigenvalue weighted by Gasteiger charge is -2.05. The lowest BCUT2D eigenvalue weighted by Crippen LogP contribution is -2.15. The molecule has 0 saturated heterocycles. The highest BCUT2D eigenvalue weighted by Crippen LogP contribution is 2.09. The number of hydrogen-bond donors (Lipinski definition) is 0. The first-order valence-corrected chi connectivity index (χ1v) is 6.64. The highest BCUT2D eigenvalue weighted by molar-refractivity contribution is 7.90. The summed E-state index contributed by atoms with van der Waals surface area (Å²) in [6.45, 7) is 1.68. The van der Waals surface area contributed by atoms with Crippen LogP contribution in [-0.4, -0.2) is 19.5 Å². The van der Waals surface area contributed by atoms with Crippen LogP contribution >= 0.6 is 11.6 Å². The van der Waals surface area contributed by atoms with E-state index in [-0.39, 0.29) is 16.9 Å². The number of sulfone groups is 1. The van der Waals surface area contributed by atoms with Crippen molar-refractivity contribution in [2.24, 2.45) is 0 Å². The molecule has 1 aromatic rings. The molecular formula is C10H13ClO2S. The van der Waals surface area contributed by atoms with E-state index in [1.165, 1.54) is 0 Å². The Kier molecular flexibility index (Phi) is 3.96. The molecular weight excluding hydrogens is 220 g/mol. The zero-order valence-electron chi connectivity index (χ0n) is 7.98. The van der Waals surface area contributed by atoms with E-state index in [9.17, 15) is 8.42 Å². The summed E-state index contributed by atoms with van der Waals surface area (Å²) in [6, 6.07) is 9.12. The van der Waals surface area contributed by atoms with Gasteiger partial charge in [-0.3, -0.25) is 0 Å². The molecule has 2 nitrogen and oxygen atoms in total. The summed E-state index contributed by atoms with van der Waals surface area (Å²) in [5.41, 5.74) is 0.810. The van der Waals surface area contributed by atoms with Crippen molar-refractivity contribution in [1.82, 2.24) is 0 Å². The monoisotopic (exact) mass is 232 g/mol. The third kappa shape index (κ3) is 4.11. The van der Waals surface area contributed by atoms with Crippen LogP contribution in [0.1, 0.15) is 12.5 Å². The maximum absolute atomic E-state index is 11.5. The zero-order valence-corrected chi connectivity index (χ0v) is 9.55. The summed E-state index contributed by atoms with van der Waals surface area (Å²) >= 11 is 5.65. The topological polar surface area (TPSA) is 34.1 Å². The quantitative estimate of drug-likeness (QED) is 0.747. The number of alkyl halides is 1. The first-order chi connectivity index (χ1) is 6.49. The molecule has 0 heterocycles. The van der Waals surface area contributed by atoms with Crippen molar-refractivity contribution in [1.29, 1.82) is 0 Å². The molecule has 4 heteroatoms. The number of halogens is 1. The molecule has 78 valence electrons. The largest absolute Gasteiger partial charge is 0.228 e. The standard InChI is InChI=1S/C10H13ClO2S/c1-9(11)7-14(12,13)8-10-5-3-2-4-6-10/h2-6,9H,7-8H2,1H3. The summed E-state index contributed by atoms with van der Waals surface area (Å²) < 4.78 is 23.1. The normalized spacial score (nSPS) is 13.9. The van der Waals surface area contributed by atoms with Gasteiger partial charge in [-0.15, -0.1) is 11.6 Å². The lowest BCUT2D eigenvalue weighted by atomic mass is 10.2. The smallest absolute Gasteiger partial charge is 0.155 e.